The molecule has 0 amide bonds. The van der Waals surface area contributed by atoms with Gasteiger partial charge in [0.15, 0.2) is 23.9 Å². The van der Waals surface area contributed by atoms with Gasteiger partial charge in [0, 0.05) is 11.1 Å². The molecule has 2 aromatic carbocycles. The summed E-state index contributed by atoms with van der Waals surface area (Å²) in [5.74, 6) is 1.73. The molecule has 0 radical (unpaired) electrons. The first-order valence-electron chi connectivity index (χ1n) is 8.90. The van der Waals surface area contributed by atoms with E-state index in [1.165, 1.54) is 6.08 Å². The van der Waals surface area contributed by atoms with E-state index in [1.807, 2.05) is 38.1 Å². The van der Waals surface area contributed by atoms with Crippen molar-refractivity contribution in [3.05, 3.63) is 59.7 Å². The lowest BCUT2D eigenvalue weighted by Gasteiger charge is -2.13. The van der Waals surface area contributed by atoms with Gasteiger partial charge in [-0.2, -0.15) is 5.26 Å². The summed E-state index contributed by atoms with van der Waals surface area (Å²) in [6.45, 7) is 5.04. The number of benzene rings is 2. The Bertz CT molecular complexity index is 819. The van der Waals surface area contributed by atoms with Crippen LogP contribution >= 0.6 is 0 Å². The van der Waals surface area contributed by atoms with Crippen molar-refractivity contribution in [1.82, 2.24) is 0 Å². The van der Waals surface area contributed by atoms with Crippen molar-refractivity contribution in [2.45, 2.75) is 20.3 Å². The van der Waals surface area contributed by atoms with Crippen molar-refractivity contribution in [1.29, 1.82) is 5.26 Å². The van der Waals surface area contributed by atoms with Gasteiger partial charge >= 0.3 is 0 Å². The Hall–Kier alpha value is -3.26. The number of ether oxygens (including phenoxy) is 3. The molecule has 0 bridgehead atoms. The molecule has 5 heteroatoms. The quantitative estimate of drug-likeness (QED) is 0.452. The summed E-state index contributed by atoms with van der Waals surface area (Å²) in [7, 11) is 0. The van der Waals surface area contributed by atoms with Gasteiger partial charge < -0.3 is 14.2 Å². The maximum Gasteiger partial charge on any atom is 0.185 e. The third-order valence-electron chi connectivity index (χ3n) is 3.62. The van der Waals surface area contributed by atoms with Crippen molar-refractivity contribution < 1.29 is 19.0 Å². The highest BCUT2D eigenvalue weighted by atomic mass is 16.5. The van der Waals surface area contributed by atoms with Crippen LogP contribution in [0.4, 0.5) is 0 Å². The first-order chi connectivity index (χ1) is 13.2. The predicted octanol–water partition coefficient (Wildman–Crippen LogP) is 4.67. The van der Waals surface area contributed by atoms with Gasteiger partial charge in [0.2, 0.25) is 0 Å². The molecule has 2 aromatic rings. The number of nitrogens with zero attached hydrogens (tertiary/aromatic N) is 1. The number of ketones is 1. The highest BCUT2D eigenvalue weighted by molar-refractivity contribution is 6.07. The molecule has 0 spiro atoms. The van der Waals surface area contributed by atoms with E-state index < -0.39 is 0 Å². The zero-order valence-electron chi connectivity index (χ0n) is 15.6. The Balaban J connectivity index is 2.17. The average molecular weight is 365 g/mol. The maximum atomic E-state index is 12.4. The summed E-state index contributed by atoms with van der Waals surface area (Å²) in [6.07, 6.45) is 4.12. The van der Waals surface area contributed by atoms with Crippen LogP contribution in [0, 0.1) is 11.3 Å². The molecule has 27 heavy (non-hydrogen) atoms. The molecule has 0 aliphatic carbocycles. The van der Waals surface area contributed by atoms with Crippen molar-refractivity contribution in [3.63, 3.8) is 0 Å². The molecule has 5 nitrogen and oxygen atoms in total. The summed E-state index contributed by atoms with van der Waals surface area (Å²) in [4.78, 5) is 12.4. The number of allylic oxidation sites excluding steroid dienone is 1. The Kier molecular flexibility index (Phi) is 7.92. The SMILES string of the molecule is CCCOc1c(C=CC(=O)c2ccc(OCC#N)cc2)cccc1OCC. The molecule has 0 N–H and O–H groups in total. The van der Waals surface area contributed by atoms with Gasteiger partial charge in [-0.05, 0) is 55.8 Å². The maximum absolute atomic E-state index is 12.4. The molecular formula is C22H23NO4. The minimum Gasteiger partial charge on any atom is -0.490 e. The van der Waals surface area contributed by atoms with Gasteiger partial charge in [-0.1, -0.05) is 19.1 Å². The lowest BCUT2D eigenvalue weighted by Crippen LogP contribution is -2.02. The minimum absolute atomic E-state index is 0.0239. The van der Waals surface area contributed by atoms with E-state index in [0.717, 1.165) is 12.0 Å². The molecule has 0 aliphatic rings. The van der Waals surface area contributed by atoms with Gasteiger partial charge in [-0.25, -0.2) is 0 Å². The molecule has 0 saturated carbocycles. The number of hydrogen-bond acceptors (Lipinski definition) is 5. The topological polar surface area (TPSA) is 68.5 Å². The van der Waals surface area contributed by atoms with Crippen molar-refractivity contribution >= 4 is 11.9 Å². The van der Waals surface area contributed by atoms with E-state index in [-0.39, 0.29) is 12.4 Å². The van der Waals surface area contributed by atoms with E-state index in [4.69, 9.17) is 19.5 Å². The van der Waals surface area contributed by atoms with Crippen LogP contribution in [0.2, 0.25) is 0 Å². The molecule has 0 saturated heterocycles. The van der Waals surface area contributed by atoms with E-state index in [1.54, 1.807) is 30.3 Å². The minimum atomic E-state index is -0.134. The fraction of sp³-hybridized carbons (Fsp3) is 0.273. The average Bonchev–Trinajstić information content (AvgIpc) is 2.70. The largest absolute Gasteiger partial charge is 0.490 e. The standard InChI is InChI=1S/C22H23NO4/c1-3-15-27-22-18(6-5-7-21(22)25-4-2)10-13-20(24)17-8-11-19(12-9-17)26-16-14-23/h5-13H,3-4,15-16H2,1-2H3. The van der Waals surface area contributed by atoms with Gasteiger partial charge in [0.25, 0.3) is 0 Å². The number of rotatable bonds is 10. The van der Waals surface area contributed by atoms with Crippen LogP contribution in [0.1, 0.15) is 36.2 Å². The Morgan fingerprint density at radius 1 is 1.07 bits per heavy atom. The summed E-state index contributed by atoms with van der Waals surface area (Å²) in [5.41, 5.74) is 1.32. The molecule has 0 aromatic heterocycles. The van der Waals surface area contributed by atoms with Crippen LogP contribution in [0.15, 0.2) is 48.5 Å². The summed E-state index contributed by atoms with van der Waals surface area (Å²) >= 11 is 0. The molecule has 0 unspecified atom stereocenters. The van der Waals surface area contributed by atoms with Gasteiger partial charge in [0.05, 0.1) is 13.2 Å². The fourth-order valence-electron chi connectivity index (χ4n) is 2.38. The van der Waals surface area contributed by atoms with E-state index in [0.29, 0.717) is 36.0 Å². The van der Waals surface area contributed by atoms with Crippen LogP contribution in [-0.4, -0.2) is 25.6 Å². The van der Waals surface area contributed by atoms with E-state index in [9.17, 15) is 4.79 Å². The fourth-order valence-corrected chi connectivity index (χ4v) is 2.38. The Morgan fingerprint density at radius 2 is 1.85 bits per heavy atom. The Labute approximate surface area is 159 Å². The second-order valence-electron chi connectivity index (χ2n) is 5.62. The Morgan fingerprint density at radius 3 is 2.52 bits per heavy atom. The first kappa shape index (κ1) is 20.1. The van der Waals surface area contributed by atoms with E-state index in [2.05, 4.69) is 0 Å². The number of carbonyl (C=O) groups is 1. The third-order valence-corrected chi connectivity index (χ3v) is 3.62. The predicted molar refractivity (Wildman–Crippen MR) is 104 cm³/mol. The van der Waals surface area contributed by atoms with Crippen molar-refractivity contribution in [3.8, 4) is 23.3 Å². The molecule has 0 aliphatic heterocycles. The van der Waals surface area contributed by atoms with Gasteiger partial charge in [-0.3, -0.25) is 4.79 Å². The molecule has 2 rings (SSSR count). The third kappa shape index (κ3) is 5.89. The first-order valence-corrected chi connectivity index (χ1v) is 8.90. The molecular weight excluding hydrogens is 342 g/mol. The van der Waals surface area contributed by atoms with E-state index >= 15 is 0 Å². The van der Waals surface area contributed by atoms with Gasteiger partial charge in [0.1, 0.15) is 11.8 Å². The number of carbonyl (C=O) groups excluding carboxylic acids is 1. The zero-order valence-corrected chi connectivity index (χ0v) is 15.6. The summed E-state index contributed by atoms with van der Waals surface area (Å²) in [6, 6.07) is 14.2. The van der Waals surface area contributed by atoms with Gasteiger partial charge in [-0.15, -0.1) is 0 Å². The smallest absolute Gasteiger partial charge is 0.185 e. The van der Waals surface area contributed by atoms with Crippen molar-refractivity contribution in [2.24, 2.45) is 0 Å². The second kappa shape index (κ2) is 10.7. The van der Waals surface area contributed by atoms with Crippen LogP contribution in [0.25, 0.3) is 6.08 Å². The van der Waals surface area contributed by atoms with Crippen LogP contribution in [0.3, 0.4) is 0 Å². The second-order valence-corrected chi connectivity index (χ2v) is 5.62. The summed E-state index contributed by atoms with van der Waals surface area (Å²) < 4.78 is 16.6. The highest BCUT2D eigenvalue weighted by Gasteiger charge is 2.10. The van der Waals surface area contributed by atoms with Crippen LogP contribution < -0.4 is 14.2 Å². The normalized spacial score (nSPS) is 10.4. The number of hydrogen-bond donors (Lipinski definition) is 0. The number of nitriles is 1. The lowest BCUT2D eigenvalue weighted by atomic mass is 10.1. The molecule has 0 atom stereocenters. The highest BCUT2D eigenvalue weighted by Crippen LogP contribution is 2.32. The van der Waals surface area contributed by atoms with Crippen LogP contribution in [-0.2, 0) is 0 Å². The lowest BCUT2D eigenvalue weighted by molar-refractivity contribution is 0.104. The molecule has 140 valence electrons. The van der Waals surface area contributed by atoms with Crippen LogP contribution in [0.5, 0.6) is 17.2 Å². The summed E-state index contributed by atoms with van der Waals surface area (Å²) in [5, 5.41) is 8.52. The molecule has 0 fully saturated rings. The number of para-hydroxylation sites is 1. The molecule has 0 heterocycles. The zero-order chi connectivity index (χ0) is 19.5. The van der Waals surface area contributed by atoms with Crippen molar-refractivity contribution in [2.75, 3.05) is 19.8 Å². The monoisotopic (exact) mass is 365 g/mol.